The van der Waals surface area contributed by atoms with Crippen molar-refractivity contribution in [3.05, 3.63) is 64.7 Å². The van der Waals surface area contributed by atoms with Crippen LogP contribution in [0.15, 0.2) is 48.5 Å². The lowest BCUT2D eigenvalue weighted by molar-refractivity contribution is -0.111. The molecule has 1 N–H and O–H groups in total. The first-order chi connectivity index (χ1) is 14.0. The van der Waals surface area contributed by atoms with Gasteiger partial charge in [0.1, 0.15) is 0 Å². The number of methoxy groups -OCH3 is 1. The predicted molar refractivity (Wildman–Crippen MR) is 117 cm³/mol. The van der Waals surface area contributed by atoms with E-state index in [2.05, 4.69) is 26.9 Å². The molecule has 0 atom stereocenters. The molecule has 7 heteroatoms. The zero-order chi connectivity index (χ0) is 20.8. The van der Waals surface area contributed by atoms with Crippen LogP contribution in [-0.4, -0.2) is 57.1 Å². The molecule has 0 bridgehead atoms. The van der Waals surface area contributed by atoms with Gasteiger partial charge >= 0.3 is 5.97 Å². The highest BCUT2D eigenvalue weighted by Crippen LogP contribution is 2.30. The molecular formula is C22H24ClN3O3. The summed E-state index contributed by atoms with van der Waals surface area (Å²) in [5, 5.41) is 3.50. The molecule has 3 rings (SSSR count). The van der Waals surface area contributed by atoms with Crippen LogP contribution in [0.3, 0.4) is 0 Å². The number of carbonyl (C=O) groups excluding carboxylic acids is 2. The number of ether oxygens (including phenoxy) is 1. The number of rotatable bonds is 5. The smallest absolute Gasteiger partial charge is 0.337 e. The van der Waals surface area contributed by atoms with E-state index in [1.807, 2.05) is 12.1 Å². The van der Waals surface area contributed by atoms with Crippen molar-refractivity contribution in [2.45, 2.75) is 0 Å². The SMILES string of the molecule is COC(=O)c1ccc(/C=C/C(=O)Nc2cc(Cl)ccc2N2CCN(C)CC2)cc1. The van der Waals surface area contributed by atoms with Gasteiger partial charge in [-0.3, -0.25) is 4.79 Å². The van der Waals surface area contributed by atoms with E-state index in [1.165, 1.54) is 13.2 Å². The third kappa shape index (κ3) is 5.59. The predicted octanol–water partition coefficient (Wildman–Crippen LogP) is 3.53. The summed E-state index contributed by atoms with van der Waals surface area (Å²) in [6, 6.07) is 12.4. The molecule has 0 unspecified atom stereocenters. The van der Waals surface area contributed by atoms with E-state index in [0.29, 0.717) is 16.3 Å². The van der Waals surface area contributed by atoms with Crippen molar-refractivity contribution in [3.8, 4) is 0 Å². The summed E-state index contributed by atoms with van der Waals surface area (Å²) in [5.74, 6) is -0.643. The largest absolute Gasteiger partial charge is 0.465 e. The Bertz CT molecular complexity index is 904. The minimum atomic E-state index is -0.393. The molecule has 1 aliphatic rings. The van der Waals surface area contributed by atoms with Crippen LogP contribution in [0.4, 0.5) is 11.4 Å². The average Bonchev–Trinajstić information content (AvgIpc) is 2.73. The van der Waals surface area contributed by atoms with Crippen molar-refractivity contribution in [2.24, 2.45) is 0 Å². The zero-order valence-electron chi connectivity index (χ0n) is 16.5. The van der Waals surface area contributed by atoms with Gasteiger partial charge in [0, 0.05) is 37.3 Å². The van der Waals surface area contributed by atoms with E-state index in [0.717, 1.165) is 37.4 Å². The Morgan fingerprint density at radius 1 is 1.07 bits per heavy atom. The molecule has 0 spiro atoms. The minimum absolute atomic E-state index is 0.250. The van der Waals surface area contributed by atoms with Crippen molar-refractivity contribution >= 4 is 40.9 Å². The van der Waals surface area contributed by atoms with E-state index in [9.17, 15) is 9.59 Å². The number of piperazine rings is 1. The lowest BCUT2D eigenvalue weighted by Gasteiger charge is -2.35. The Morgan fingerprint density at radius 2 is 1.76 bits per heavy atom. The summed E-state index contributed by atoms with van der Waals surface area (Å²) in [6.45, 7) is 3.72. The maximum Gasteiger partial charge on any atom is 0.337 e. The summed E-state index contributed by atoms with van der Waals surface area (Å²) < 4.78 is 4.68. The van der Waals surface area contributed by atoms with Gasteiger partial charge in [-0.25, -0.2) is 4.79 Å². The normalized spacial score (nSPS) is 14.8. The highest BCUT2D eigenvalue weighted by molar-refractivity contribution is 6.31. The van der Waals surface area contributed by atoms with Crippen LogP contribution < -0.4 is 10.2 Å². The number of carbonyl (C=O) groups is 2. The molecule has 1 heterocycles. The highest BCUT2D eigenvalue weighted by atomic mass is 35.5. The molecule has 0 aliphatic carbocycles. The van der Waals surface area contributed by atoms with Crippen LogP contribution in [-0.2, 0) is 9.53 Å². The van der Waals surface area contributed by atoms with Gasteiger partial charge in [0.15, 0.2) is 0 Å². The van der Waals surface area contributed by atoms with Crippen molar-refractivity contribution < 1.29 is 14.3 Å². The Hall–Kier alpha value is -2.83. The Kier molecular flexibility index (Phi) is 6.90. The molecule has 29 heavy (non-hydrogen) atoms. The Morgan fingerprint density at radius 3 is 2.41 bits per heavy atom. The van der Waals surface area contributed by atoms with Gasteiger partial charge in [0.2, 0.25) is 5.91 Å². The van der Waals surface area contributed by atoms with E-state index in [4.69, 9.17) is 11.6 Å². The Balaban J connectivity index is 1.69. The molecule has 1 amide bonds. The summed E-state index contributed by atoms with van der Waals surface area (Å²) in [5.41, 5.74) is 2.92. The number of halogens is 1. The number of nitrogens with zero attached hydrogens (tertiary/aromatic N) is 2. The van der Waals surface area contributed by atoms with Gasteiger partial charge in [0.05, 0.1) is 24.0 Å². The molecule has 0 saturated carbocycles. The molecule has 1 saturated heterocycles. The average molecular weight is 414 g/mol. The van der Waals surface area contributed by atoms with Crippen molar-refractivity contribution in [2.75, 3.05) is 50.6 Å². The highest BCUT2D eigenvalue weighted by Gasteiger charge is 2.18. The van der Waals surface area contributed by atoms with Gasteiger partial charge in [-0.05, 0) is 49.0 Å². The van der Waals surface area contributed by atoms with Crippen LogP contribution in [0.1, 0.15) is 15.9 Å². The number of anilines is 2. The summed E-state index contributed by atoms with van der Waals surface area (Å²) >= 11 is 6.15. The second-order valence-electron chi connectivity index (χ2n) is 6.89. The molecule has 0 aromatic heterocycles. The number of amides is 1. The molecule has 152 valence electrons. The third-order valence-electron chi connectivity index (χ3n) is 4.82. The topological polar surface area (TPSA) is 61.9 Å². The minimum Gasteiger partial charge on any atom is -0.465 e. The zero-order valence-corrected chi connectivity index (χ0v) is 17.3. The summed E-state index contributed by atoms with van der Waals surface area (Å²) in [6.07, 6.45) is 3.15. The number of hydrogen-bond acceptors (Lipinski definition) is 5. The second-order valence-corrected chi connectivity index (χ2v) is 7.32. The fraction of sp³-hybridized carbons (Fsp3) is 0.273. The van der Waals surface area contributed by atoms with Crippen LogP contribution >= 0.6 is 11.6 Å². The lowest BCUT2D eigenvalue weighted by atomic mass is 10.1. The van der Waals surface area contributed by atoms with E-state index < -0.39 is 5.97 Å². The molecule has 2 aromatic rings. The first-order valence-corrected chi connectivity index (χ1v) is 9.74. The maximum atomic E-state index is 12.5. The standard InChI is InChI=1S/C22H24ClN3O3/c1-25-11-13-26(14-12-25)20-9-8-18(23)15-19(20)24-21(27)10-5-16-3-6-17(7-4-16)22(28)29-2/h3-10,15H,11-14H2,1-2H3,(H,24,27)/b10-5+. The number of esters is 1. The quantitative estimate of drug-likeness (QED) is 0.600. The van der Waals surface area contributed by atoms with Gasteiger partial charge in [-0.2, -0.15) is 0 Å². The first kappa shape index (κ1) is 20.9. The van der Waals surface area contributed by atoms with Crippen molar-refractivity contribution in [1.82, 2.24) is 4.90 Å². The van der Waals surface area contributed by atoms with Crippen LogP contribution in [0, 0.1) is 0 Å². The van der Waals surface area contributed by atoms with E-state index >= 15 is 0 Å². The monoisotopic (exact) mass is 413 g/mol. The Labute approximate surface area is 175 Å². The summed E-state index contributed by atoms with van der Waals surface area (Å²) in [4.78, 5) is 28.5. The molecule has 6 nitrogen and oxygen atoms in total. The molecule has 1 aliphatic heterocycles. The van der Waals surface area contributed by atoms with Crippen LogP contribution in [0.2, 0.25) is 5.02 Å². The fourth-order valence-electron chi connectivity index (χ4n) is 3.13. The lowest BCUT2D eigenvalue weighted by Crippen LogP contribution is -2.44. The molecule has 0 radical (unpaired) electrons. The molecule has 2 aromatic carbocycles. The number of nitrogens with one attached hydrogen (secondary N) is 1. The fourth-order valence-corrected chi connectivity index (χ4v) is 3.30. The molecule has 1 fully saturated rings. The van der Waals surface area contributed by atoms with E-state index in [-0.39, 0.29) is 5.91 Å². The number of benzene rings is 2. The second kappa shape index (κ2) is 9.58. The van der Waals surface area contributed by atoms with Crippen LogP contribution in [0.25, 0.3) is 6.08 Å². The van der Waals surface area contributed by atoms with Crippen molar-refractivity contribution in [1.29, 1.82) is 0 Å². The van der Waals surface area contributed by atoms with Crippen molar-refractivity contribution in [3.63, 3.8) is 0 Å². The first-order valence-electron chi connectivity index (χ1n) is 9.37. The number of hydrogen-bond donors (Lipinski definition) is 1. The molecular weight excluding hydrogens is 390 g/mol. The number of likely N-dealkylation sites (N-methyl/N-ethyl adjacent to an activating group) is 1. The van der Waals surface area contributed by atoms with Crippen LogP contribution in [0.5, 0.6) is 0 Å². The third-order valence-corrected chi connectivity index (χ3v) is 5.05. The van der Waals surface area contributed by atoms with Gasteiger partial charge in [-0.15, -0.1) is 0 Å². The van der Waals surface area contributed by atoms with Gasteiger partial charge in [0.25, 0.3) is 0 Å². The van der Waals surface area contributed by atoms with Gasteiger partial charge in [-0.1, -0.05) is 23.7 Å². The van der Waals surface area contributed by atoms with E-state index in [1.54, 1.807) is 36.4 Å². The summed E-state index contributed by atoms with van der Waals surface area (Å²) in [7, 11) is 3.44. The van der Waals surface area contributed by atoms with Gasteiger partial charge < -0.3 is 19.9 Å². The maximum absolute atomic E-state index is 12.5.